The molecule has 2 rings (SSSR count). The van der Waals surface area contributed by atoms with Crippen LogP contribution < -0.4 is 0 Å². The Balaban J connectivity index is 2.14. The normalized spacial score (nSPS) is 9.71. The lowest BCUT2D eigenvalue weighted by atomic mass is 10.4. The molecular formula is C12H11N3O2. The van der Waals surface area contributed by atoms with Gasteiger partial charge in [0.2, 0.25) is 0 Å². The van der Waals surface area contributed by atoms with Crippen LogP contribution in [0.5, 0.6) is 0 Å². The molecular weight excluding hydrogens is 218 g/mol. The Morgan fingerprint density at radius 2 is 2.47 bits per heavy atom. The van der Waals surface area contributed by atoms with E-state index in [4.69, 9.17) is 4.74 Å². The van der Waals surface area contributed by atoms with Gasteiger partial charge >= 0.3 is 5.97 Å². The van der Waals surface area contributed by atoms with Gasteiger partial charge in [-0.15, -0.1) is 0 Å². The molecule has 2 aromatic rings. The van der Waals surface area contributed by atoms with Gasteiger partial charge in [-0.25, -0.2) is 9.50 Å². The van der Waals surface area contributed by atoms with Gasteiger partial charge in [0.05, 0.1) is 12.8 Å². The van der Waals surface area contributed by atoms with E-state index >= 15 is 0 Å². The molecule has 0 saturated carbocycles. The van der Waals surface area contributed by atoms with Gasteiger partial charge in [0.25, 0.3) is 0 Å². The van der Waals surface area contributed by atoms with Crippen LogP contribution in [-0.4, -0.2) is 27.2 Å². The zero-order valence-electron chi connectivity index (χ0n) is 9.38. The predicted molar refractivity (Wildman–Crippen MR) is 61.1 cm³/mol. The molecule has 0 N–H and O–H groups in total. The van der Waals surface area contributed by atoms with Crippen molar-refractivity contribution >= 4 is 11.6 Å². The Morgan fingerprint density at radius 1 is 1.59 bits per heavy atom. The maximum atomic E-state index is 11.1. The Bertz CT molecular complexity index is 592. The fourth-order valence-corrected chi connectivity index (χ4v) is 1.33. The average Bonchev–Trinajstić information content (AvgIpc) is 2.73. The van der Waals surface area contributed by atoms with Crippen LogP contribution in [0.25, 0.3) is 5.65 Å². The van der Waals surface area contributed by atoms with Gasteiger partial charge in [-0.05, 0) is 25.0 Å². The Hall–Kier alpha value is -2.35. The highest BCUT2D eigenvalue weighted by atomic mass is 16.5. The van der Waals surface area contributed by atoms with Gasteiger partial charge in [0, 0.05) is 6.20 Å². The largest absolute Gasteiger partial charge is 0.465 e. The van der Waals surface area contributed by atoms with Crippen molar-refractivity contribution in [1.29, 1.82) is 0 Å². The number of fused-ring (bicyclic) bond motifs is 1. The van der Waals surface area contributed by atoms with Crippen LogP contribution in [0.3, 0.4) is 0 Å². The molecule has 0 aliphatic heterocycles. The van der Waals surface area contributed by atoms with Crippen LogP contribution in [0.4, 0.5) is 0 Å². The van der Waals surface area contributed by atoms with Crippen LogP contribution in [0, 0.1) is 11.8 Å². The number of imidazole rings is 1. The third kappa shape index (κ3) is 2.61. The van der Waals surface area contributed by atoms with Crippen LogP contribution in [-0.2, 0) is 9.53 Å². The highest BCUT2D eigenvalue weighted by Crippen LogP contribution is 2.01. The van der Waals surface area contributed by atoms with E-state index in [9.17, 15) is 4.79 Å². The van der Waals surface area contributed by atoms with Gasteiger partial charge in [0.15, 0.2) is 5.65 Å². The van der Waals surface area contributed by atoms with Crippen molar-refractivity contribution in [3.63, 3.8) is 0 Å². The first-order valence-electron chi connectivity index (χ1n) is 5.24. The Morgan fingerprint density at radius 3 is 3.29 bits per heavy atom. The fraction of sp³-hybridized carbons (Fsp3) is 0.250. The third-order valence-corrected chi connectivity index (χ3v) is 2.03. The number of nitrogens with zero attached hydrogens (tertiary/aromatic N) is 3. The molecule has 0 radical (unpaired) electrons. The highest BCUT2D eigenvalue weighted by molar-refractivity contribution is 5.72. The number of hydrogen-bond donors (Lipinski definition) is 0. The predicted octanol–water partition coefficient (Wildman–Crippen LogP) is 1.03. The van der Waals surface area contributed by atoms with Crippen molar-refractivity contribution in [2.75, 3.05) is 6.61 Å². The summed E-state index contributed by atoms with van der Waals surface area (Å²) < 4.78 is 6.39. The van der Waals surface area contributed by atoms with Gasteiger partial charge < -0.3 is 4.74 Å². The second-order valence-electron chi connectivity index (χ2n) is 3.22. The second kappa shape index (κ2) is 5.12. The number of esters is 1. The van der Waals surface area contributed by atoms with E-state index in [1.54, 1.807) is 29.9 Å². The summed E-state index contributed by atoms with van der Waals surface area (Å²) in [5, 5.41) is 4.11. The molecule has 0 spiro atoms. The molecule has 0 saturated heterocycles. The molecule has 2 heterocycles. The number of carbonyl (C=O) groups excluding carboxylic acids is 1. The minimum atomic E-state index is -0.318. The van der Waals surface area contributed by atoms with Crippen molar-refractivity contribution in [1.82, 2.24) is 14.6 Å². The molecule has 5 nitrogen and oxygen atoms in total. The molecule has 0 aromatic carbocycles. The Kier molecular flexibility index (Phi) is 3.36. The van der Waals surface area contributed by atoms with E-state index in [1.807, 2.05) is 6.07 Å². The van der Waals surface area contributed by atoms with Crippen molar-refractivity contribution in [2.45, 2.75) is 13.3 Å². The van der Waals surface area contributed by atoms with E-state index in [-0.39, 0.29) is 12.4 Å². The SMILES string of the molecule is CCOC(=O)CC#Cc1cnc2cccnn12. The molecule has 0 unspecified atom stereocenters. The molecule has 0 atom stereocenters. The molecule has 0 fully saturated rings. The zero-order chi connectivity index (χ0) is 12.1. The number of rotatable bonds is 2. The first-order valence-corrected chi connectivity index (χ1v) is 5.24. The number of carbonyl (C=O) groups is 1. The van der Waals surface area contributed by atoms with Crippen molar-refractivity contribution in [3.8, 4) is 11.8 Å². The molecule has 0 aliphatic rings. The van der Waals surface area contributed by atoms with E-state index in [0.717, 1.165) is 5.65 Å². The van der Waals surface area contributed by atoms with Crippen molar-refractivity contribution in [2.24, 2.45) is 0 Å². The molecule has 0 aliphatic carbocycles. The lowest BCUT2D eigenvalue weighted by molar-refractivity contribution is -0.141. The second-order valence-corrected chi connectivity index (χ2v) is 3.22. The Labute approximate surface area is 98.4 Å². The average molecular weight is 229 g/mol. The summed E-state index contributed by atoms with van der Waals surface area (Å²) in [4.78, 5) is 15.2. The molecule has 0 bridgehead atoms. The monoisotopic (exact) mass is 229 g/mol. The van der Waals surface area contributed by atoms with E-state index < -0.39 is 0 Å². The summed E-state index contributed by atoms with van der Waals surface area (Å²) in [5.74, 6) is 5.27. The van der Waals surface area contributed by atoms with E-state index in [2.05, 4.69) is 21.9 Å². The lowest BCUT2D eigenvalue weighted by Crippen LogP contribution is -2.01. The summed E-state index contributed by atoms with van der Waals surface area (Å²) >= 11 is 0. The van der Waals surface area contributed by atoms with E-state index in [0.29, 0.717) is 12.3 Å². The molecule has 17 heavy (non-hydrogen) atoms. The third-order valence-electron chi connectivity index (χ3n) is 2.03. The standard InChI is InChI=1S/C12H11N3O2/c1-2-17-12(16)7-3-5-10-9-13-11-6-4-8-14-15(10)11/h4,6,8-9H,2,7H2,1H3. The van der Waals surface area contributed by atoms with Gasteiger partial charge in [-0.1, -0.05) is 5.92 Å². The van der Waals surface area contributed by atoms with Gasteiger partial charge in [-0.2, -0.15) is 5.10 Å². The first-order chi connectivity index (χ1) is 8.31. The highest BCUT2D eigenvalue weighted by Gasteiger charge is 2.00. The smallest absolute Gasteiger partial charge is 0.317 e. The quantitative estimate of drug-likeness (QED) is 0.570. The van der Waals surface area contributed by atoms with Crippen LogP contribution in [0.2, 0.25) is 0 Å². The summed E-state index contributed by atoms with van der Waals surface area (Å²) in [6.07, 6.45) is 3.36. The number of hydrogen-bond acceptors (Lipinski definition) is 4. The summed E-state index contributed by atoms with van der Waals surface area (Å²) in [6, 6.07) is 3.64. The van der Waals surface area contributed by atoms with Crippen LogP contribution in [0.1, 0.15) is 19.0 Å². The number of aromatic nitrogens is 3. The summed E-state index contributed by atoms with van der Waals surface area (Å²) in [5.41, 5.74) is 1.39. The minimum absolute atomic E-state index is 0.0773. The van der Waals surface area contributed by atoms with Gasteiger partial charge in [0.1, 0.15) is 12.1 Å². The summed E-state index contributed by atoms with van der Waals surface area (Å²) in [7, 11) is 0. The first kappa shape index (κ1) is 11.1. The van der Waals surface area contributed by atoms with Crippen LogP contribution >= 0.6 is 0 Å². The fourth-order valence-electron chi connectivity index (χ4n) is 1.33. The maximum Gasteiger partial charge on any atom is 0.317 e. The van der Waals surface area contributed by atoms with Crippen molar-refractivity contribution in [3.05, 3.63) is 30.2 Å². The summed E-state index contributed by atoms with van der Waals surface area (Å²) in [6.45, 7) is 2.14. The lowest BCUT2D eigenvalue weighted by Gasteiger charge is -1.94. The van der Waals surface area contributed by atoms with Crippen molar-refractivity contribution < 1.29 is 9.53 Å². The molecule has 5 heteroatoms. The van der Waals surface area contributed by atoms with Gasteiger partial charge in [-0.3, -0.25) is 4.79 Å². The topological polar surface area (TPSA) is 56.5 Å². The van der Waals surface area contributed by atoms with Crippen LogP contribution in [0.15, 0.2) is 24.5 Å². The van der Waals surface area contributed by atoms with E-state index in [1.165, 1.54) is 0 Å². The minimum Gasteiger partial charge on any atom is -0.465 e. The molecule has 86 valence electrons. The molecule has 2 aromatic heterocycles. The zero-order valence-corrected chi connectivity index (χ0v) is 9.38. The molecule has 0 amide bonds. The number of ether oxygens (including phenoxy) is 1. The maximum absolute atomic E-state index is 11.1.